The molecule has 0 radical (unpaired) electrons. The molecule has 2 fully saturated rings. The molecule has 0 N–H and O–H groups in total. The molecule has 3 atom stereocenters. The van der Waals surface area contributed by atoms with Crippen LogP contribution < -0.4 is 4.74 Å². The van der Waals surface area contributed by atoms with Crippen molar-refractivity contribution in [3.05, 3.63) is 60.2 Å². The van der Waals surface area contributed by atoms with Crippen LogP contribution in [0.4, 0.5) is 4.39 Å². The molecule has 1 saturated carbocycles. The Bertz CT molecular complexity index is 646. The lowest BCUT2D eigenvalue weighted by Gasteiger charge is -2.35. The third-order valence-electron chi connectivity index (χ3n) is 5.23. The predicted molar refractivity (Wildman–Crippen MR) is 86.6 cm³/mol. The fraction of sp³-hybridized carbons (Fsp3) is 0.421. The van der Waals surface area contributed by atoms with Crippen molar-refractivity contribution in [1.82, 2.24) is 9.88 Å². The highest BCUT2D eigenvalue weighted by Gasteiger charge is 2.45. The van der Waals surface area contributed by atoms with Crippen molar-refractivity contribution in [2.75, 3.05) is 6.61 Å². The molecule has 2 bridgehead atoms. The van der Waals surface area contributed by atoms with Gasteiger partial charge < -0.3 is 4.74 Å². The van der Waals surface area contributed by atoms with Gasteiger partial charge in [0.15, 0.2) is 0 Å². The first-order valence-electron chi connectivity index (χ1n) is 8.32. The quantitative estimate of drug-likeness (QED) is 0.842. The van der Waals surface area contributed by atoms with Gasteiger partial charge in [-0.05, 0) is 67.1 Å². The Balaban J connectivity index is 1.44. The van der Waals surface area contributed by atoms with E-state index in [-0.39, 0.29) is 5.82 Å². The number of halogens is 1. The summed E-state index contributed by atoms with van der Waals surface area (Å²) in [6.07, 6.45) is 7.58. The molecule has 2 aliphatic rings. The molecule has 0 unspecified atom stereocenters. The Labute approximate surface area is 136 Å². The summed E-state index contributed by atoms with van der Waals surface area (Å²) in [7, 11) is 0. The van der Waals surface area contributed by atoms with E-state index in [1.54, 1.807) is 12.1 Å². The Morgan fingerprint density at radius 1 is 1.09 bits per heavy atom. The zero-order valence-electron chi connectivity index (χ0n) is 13.1. The summed E-state index contributed by atoms with van der Waals surface area (Å²) >= 11 is 0. The van der Waals surface area contributed by atoms with Gasteiger partial charge in [-0.25, -0.2) is 4.39 Å². The summed E-state index contributed by atoms with van der Waals surface area (Å²) in [5.41, 5.74) is 1.30. The van der Waals surface area contributed by atoms with E-state index in [1.807, 2.05) is 12.4 Å². The highest BCUT2D eigenvalue weighted by molar-refractivity contribution is 5.22. The first-order chi connectivity index (χ1) is 11.3. The van der Waals surface area contributed by atoms with Crippen molar-refractivity contribution in [2.45, 2.75) is 37.9 Å². The van der Waals surface area contributed by atoms with Gasteiger partial charge in [0.2, 0.25) is 0 Å². The molecule has 4 heteroatoms. The highest BCUT2D eigenvalue weighted by atomic mass is 19.1. The lowest BCUT2D eigenvalue weighted by atomic mass is 9.99. The number of likely N-dealkylation sites (tertiary alicyclic amines) is 1. The molecule has 120 valence electrons. The normalized spacial score (nSPS) is 26.6. The molecule has 1 aliphatic carbocycles. The number of pyridine rings is 1. The number of rotatable bonds is 5. The number of hydrogen-bond donors (Lipinski definition) is 0. The standard InChI is InChI=1S/C19H21FN2O/c20-16-2-5-18(6-3-16)23-13-19-15-1-4-17(11-15)22(19)12-14-7-9-21-10-8-14/h2-3,5-10,15,17,19H,1,4,11-13H2/t15-,17+,19-/m1/s1. The minimum Gasteiger partial charge on any atom is -0.492 e. The second-order valence-corrected chi connectivity index (χ2v) is 6.59. The van der Waals surface area contributed by atoms with Crippen molar-refractivity contribution in [2.24, 2.45) is 5.92 Å². The van der Waals surface area contributed by atoms with E-state index in [4.69, 9.17) is 4.74 Å². The summed E-state index contributed by atoms with van der Waals surface area (Å²) in [6.45, 7) is 1.64. The van der Waals surface area contributed by atoms with Gasteiger partial charge in [0.25, 0.3) is 0 Å². The maximum absolute atomic E-state index is 13.0. The SMILES string of the molecule is Fc1ccc(OC[C@@H]2[C@@H]3CC[C@@H](C3)N2Cc2ccncc2)cc1. The zero-order chi connectivity index (χ0) is 15.6. The molecule has 0 amide bonds. The van der Waals surface area contributed by atoms with Crippen LogP contribution in [-0.4, -0.2) is 28.6 Å². The molecular formula is C19H21FN2O. The number of piperidine rings is 1. The Morgan fingerprint density at radius 2 is 1.87 bits per heavy atom. The molecule has 1 aromatic carbocycles. The van der Waals surface area contributed by atoms with E-state index >= 15 is 0 Å². The van der Waals surface area contributed by atoms with Gasteiger partial charge in [0.05, 0.1) is 0 Å². The Hall–Kier alpha value is -1.94. The summed E-state index contributed by atoms with van der Waals surface area (Å²) in [6, 6.07) is 11.6. The topological polar surface area (TPSA) is 25.4 Å². The fourth-order valence-corrected chi connectivity index (χ4v) is 4.07. The third-order valence-corrected chi connectivity index (χ3v) is 5.23. The molecule has 2 heterocycles. The molecule has 1 saturated heterocycles. The summed E-state index contributed by atoms with van der Waals surface area (Å²) in [4.78, 5) is 6.69. The number of nitrogens with zero attached hydrogens (tertiary/aromatic N) is 2. The maximum atomic E-state index is 13.0. The lowest BCUT2D eigenvalue weighted by Crippen LogP contribution is -2.43. The van der Waals surface area contributed by atoms with Crippen LogP contribution in [0.25, 0.3) is 0 Å². The molecule has 4 rings (SSSR count). The average Bonchev–Trinajstić information content (AvgIpc) is 3.17. The van der Waals surface area contributed by atoms with E-state index in [9.17, 15) is 4.39 Å². The molecular weight excluding hydrogens is 291 g/mol. The van der Waals surface area contributed by atoms with Gasteiger partial charge in [-0.1, -0.05) is 0 Å². The molecule has 3 nitrogen and oxygen atoms in total. The van der Waals surface area contributed by atoms with Crippen molar-refractivity contribution in [3.63, 3.8) is 0 Å². The van der Waals surface area contributed by atoms with Crippen LogP contribution in [0.3, 0.4) is 0 Å². The maximum Gasteiger partial charge on any atom is 0.123 e. The Morgan fingerprint density at radius 3 is 2.65 bits per heavy atom. The van der Waals surface area contributed by atoms with Crippen LogP contribution in [-0.2, 0) is 6.54 Å². The van der Waals surface area contributed by atoms with E-state index < -0.39 is 0 Å². The number of benzene rings is 1. The first-order valence-corrected chi connectivity index (χ1v) is 8.32. The van der Waals surface area contributed by atoms with Crippen LogP contribution in [0, 0.1) is 11.7 Å². The fourth-order valence-electron chi connectivity index (χ4n) is 4.07. The molecule has 2 aromatic rings. The molecule has 1 aromatic heterocycles. The van der Waals surface area contributed by atoms with E-state index in [0.717, 1.165) is 18.2 Å². The van der Waals surface area contributed by atoms with E-state index in [1.165, 1.54) is 37.0 Å². The van der Waals surface area contributed by atoms with Crippen molar-refractivity contribution < 1.29 is 9.13 Å². The smallest absolute Gasteiger partial charge is 0.123 e. The second-order valence-electron chi connectivity index (χ2n) is 6.59. The molecule has 23 heavy (non-hydrogen) atoms. The summed E-state index contributed by atoms with van der Waals surface area (Å²) < 4.78 is 18.9. The van der Waals surface area contributed by atoms with Crippen LogP contribution in [0.15, 0.2) is 48.8 Å². The van der Waals surface area contributed by atoms with E-state index in [0.29, 0.717) is 18.7 Å². The van der Waals surface area contributed by atoms with Gasteiger partial charge in [0, 0.05) is 31.0 Å². The highest BCUT2D eigenvalue weighted by Crippen LogP contribution is 2.43. The summed E-state index contributed by atoms with van der Waals surface area (Å²) in [5, 5.41) is 0. The molecule has 1 aliphatic heterocycles. The van der Waals surface area contributed by atoms with Gasteiger partial charge in [0.1, 0.15) is 18.2 Å². The number of ether oxygens (including phenoxy) is 1. The van der Waals surface area contributed by atoms with Crippen molar-refractivity contribution >= 4 is 0 Å². The Kier molecular flexibility index (Phi) is 4.00. The van der Waals surface area contributed by atoms with Gasteiger partial charge in [-0.15, -0.1) is 0 Å². The zero-order valence-corrected chi connectivity index (χ0v) is 13.1. The number of aromatic nitrogens is 1. The minimum atomic E-state index is -0.225. The van der Waals surface area contributed by atoms with Gasteiger partial charge in [-0.3, -0.25) is 9.88 Å². The van der Waals surface area contributed by atoms with Crippen LogP contribution >= 0.6 is 0 Å². The van der Waals surface area contributed by atoms with Crippen LogP contribution in [0.1, 0.15) is 24.8 Å². The lowest BCUT2D eigenvalue weighted by molar-refractivity contribution is 0.0867. The van der Waals surface area contributed by atoms with Gasteiger partial charge in [-0.2, -0.15) is 0 Å². The third kappa shape index (κ3) is 3.08. The van der Waals surface area contributed by atoms with E-state index in [2.05, 4.69) is 22.0 Å². The second kappa shape index (κ2) is 6.28. The van der Waals surface area contributed by atoms with Crippen LogP contribution in [0.2, 0.25) is 0 Å². The number of hydrogen-bond acceptors (Lipinski definition) is 3. The predicted octanol–water partition coefficient (Wildman–Crippen LogP) is 3.65. The van der Waals surface area contributed by atoms with Crippen molar-refractivity contribution in [1.29, 1.82) is 0 Å². The van der Waals surface area contributed by atoms with Crippen LogP contribution in [0.5, 0.6) is 5.75 Å². The van der Waals surface area contributed by atoms with Gasteiger partial charge >= 0.3 is 0 Å². The minimum absolute atomic E-state index is 0.225. The average molecular weight is 312 g/mol. The summed E-state index contributed by atoms with van der Waals surface area (Å²) in [5.74, 6) is 1.25. The largest absolute Gasteiger partial charge is 0.492 e. The number of fused-ring (bicyclic) bond motifs is 2. The first kappa shape index (κ1) is 14.6. The molecule has 0 spiro atoms. The monoisotopic (exact) mass is 312 g/mol. The van der Waals surface area contributed by atoms with Crippen molar-refractivity contribution in [3.8, 4) is 5.75 Å².